The summed E-state index contributed by atoms with van der Waals surface area (Å²) in [5.74, 6) is -0.957. The van der Waals surface area contributed by atoms with E-state index in [-0.39, 0.29) is 5.75 Å². The largest absolute Gasteiger partial charge is 0.466 e. The van der Waals surface area contributed by atoms with Gasteiger partial charge in [-0.25, -0.2) is 4.79 Å². The topological polar surface area (TPSA) is 52.6 Å². The maximum atomic E-state index is 12.2. The number of rotatable bonds is 6. The van der Waals surface area contributed by atoms with E-state index in [0.717, 1.165) is 15.7 Å². The zero-order chi connectivity index (χ0) is 18.4. The van der Waals surface area contributed by atoms with Gasteiger partial charge in [0.15, 0.2) is 0 Å². The maximum Gasteiger partial charge on any atom is 0.351 e. The highest BCUT2D eigenvalue weighted by Crippen LogP contribution is 2.25. The molecule has 26 heavy (non-hydrogen) atoms. The van der Waals surface area contributed by atoms with E-state index in [1.165, 1.54) is 18.9 Å². The van der Waals surface area contributed by atoms with Gasteiger partial charge in [0.05, 0.1) is 12.9 Å². The summed E-state index contributed by atoms with van der Waals surface area (Å²) in [5.41, 5.74) is 0.586. The van der Waals surface area contributed by atoms with Crippen LogP contribution in [-0.4, -0.2) is 24.8 Å². The van der Waals surface area contributed by atoms with Crippen LogP contribution in [0.2, 0.25) is 0 Å². The van der Waals surface area contributed by atoms with E-state index in [1.54, 1.807) is 24.3 Å². The van der Waals surface area contributed by atoms with Gasteiger partial charge in [0.2, 0.25) is 6.10 Å². The molecule has 0 amide bonds. The van der Waals surface area contributed by atoms with E-state index >= 15 is 0 Å². The van der Waals surface area contributed by atoms with Crippen LogP contribution in [0.4, 0.5) is 0 Å². The predicted molar refractivity (Wildman–Crippen MR) is 102 cm³/mol. The smallest absolute Gasteiger partial charge is 0.351 e. The van der Waals surface area contributed by atoms with E-state index in [4.69, 9.17) is 9.47 Å². The van der Waals surface area contributed by atoms with Crippen molar-refractivity contribution in [1.29, 1.82) is 0 Å². The molecule has 3 aromatic rings. The van der Waals surface area contributed by atoms with Gasteiger partial charge in [-0.15, -0.1) is 11.8 Å². The Morgan fingerprint density at radius 3 is 2.35 bits per heavy atom. The van der Waals surface area contributed by atoms with Gasteiger partial charge in [-0.05, 0) is 22.9 Å². The fraction of sp³-hybridized carbons (Fsp3) is 0.143. The second-order valence-electron chi connectivity index (χ2n) is 5.60. The number of carbonyl (C=O) groups is 2. The molecule has 0 saturated heterocycles. The molecule has 1 atom stereocenters. The van der Waals surface area contributed by atoms with E-state index < -0.39 is 18.0 Å². The third-order valence-electron chi connectivity index (χ3n) is 3.84. The first kappa shape index (κ1) is 18.0. The lowest BCUT2D eigenvalue weighted by atomic mass is 10.1. The number of benzene rings is 3. The molecule has 0 fully saturated rings. The number of carbonyl (C=O) groups excluding carboxylic acids is 2. The Hall–Kier alpha value is -2.79. The van der Waals surface area contributed by atoms with Gasteiger partial charge in [0.1, 0.15) is 0 Å². The van der Waals surface area contributed by atoms with Crippen LogP contribution in [0.25, 0.3) is 10.8 Å². The van der Waals surface area contributed by atoms with Crippen molar-refractivity contribution < 1.29 is 19.1 Å². The maximum absolute atomic E-state index is 12.2. The molecule has 0 bridgehead atoms. The highest BCUT2D eigenvalue weighted by molar-refractivity contribution is 8.00. The molecule has 3 aromatic carbocycles. The van der Waals surface area contributed by atoms with Crippen molar-refractivity contribution in [3.63, 3.8) is 0 Å². The monoisotopic (exact) mass is 366 g/mol. The Bertz CT molecular complexity index is 908. The first-order valence-electron chi connectivity index (χ1n) is 8.11. The molecular formula is C21H18O4S. The van der Waals surface area contributed by atoms with E-state index in [9.17, 15) is 9.59 Å². The van der Waals surface area contributed by atoms with Gasteiger partial charge in [-0.1, -0.05) is 60.7 Å². The molecule has 4 nitrogen and oxygen atoms in total. The van der Waals surface area contributed by atoms with Crippen LogP contribution in [0.1, 0.15) is 11.7 Å². The van der Waals surface area contributed by atoms with Gasteiger partial charge < -0.3 is 9.47 Å². The van der Waals surface area contributed by atoms with Crippen LogP contribution in [0, 0.1) is 0 Å². The first-order chi connectivity index (χ1) is 12.7. The first-order valence-corrected chi connectivity index (χ1v) is 9.10. The Morgan fingerprint density at radius 2 is 1.62 bits per heavy atom. The minimum atomic E-state index is -1.05. The molecule has 0 aromatic heterocycles. The van der Waals surface area contributed by atoms with Crippen LogP contribution < -0.4 is 0 Å². The van der Waals surface area contributed by atoms with Crippen LogP contribution >= 0.6 is 11.8 Å². The summed E-state index contributed by atoms with van der Waals surface area (Å²) >= 11 is 1.37. The average molecular weight is 366 g/mol. The molecule has 3 rings (SSSR count). The number of hydrogen-bond acceptors (Lipinski definition) is 5. The van der Waals surface area contributed by atoms with Crippen molar-refractivity contribution >= 4 is 34.5 Å². The SMILES string of the molecule is COC(=O)C(OC(=O)CSc1ccc2ccccc2c1)c1ccccc1. The Morgan fingerprint density at radius 1 is 0.923 bits per heavy atom. The van der Waals surface area contributed by atoms with Crippen molar-refractivity contribution in [2.45, 2.75) is 11.0 Å². The molecule has 0 saturated carbocycles. The summed E-state index contributed by atoms with van der Waals surface area (Å²) in [4.78, 5) is 25.2. The quantitative estimate of drug-likeness (QED) is 0.478. The standard InChI is InChI=1S/C21H18O4S/c1-24-21(23)20(16-8-3-2-4-9-16)25-19(22)14-26-18-12-11-15-7-5-6-10-17(15)13-18/h2-13,20H,14H2,1H3. The number of thioether (sulfide) groups is 1. The van der Waals surface area contributed by atoms with Crippen molar-refractivity contribution in [3.05, 3.63) is 78.4 Å². The number of methoxy groups -OCH3 is 1. The van der Waals surface area contributed by atoms with Gasteiger partial charge >= 0.3 is 11.9 Å². The molecule has 0 aliphatic rings. The minimum absolute atomic E-state index is 0.110. The number of ether oxygens (including phenoxy) is 2. The molecule has 0 N–H and O–H groups in total. The molecule has 1 unspecified atom stereocenters. The van der Waals surface area contributed by atoms with Gasteiger partial charge in [-0.3, -0.25) is 4.79 Å². The summed E-state index contributed by atoms with van der Waals surface area (Å²) in [7, 11) is 1.27. The van der Waals surface area contributed by atoms with Crippen molar-refractivity contribution in [3.8, 4) is 0 Å². The van der Waals surface area contributed by atoms with E-state index in [1.807, 2.05) is 48.5 Å². The lowest BCUT2D eigenvalue weighted by Gasteiger charge is -2.16. The lowest BCUT2D eigenvalue weighted by Crippen LogP contribution is -2.22. The summed E-state index contributed by atoms with van der Waals surface area (Å²) in [6.07, 6.45) is -1.05. The number of fused-ring (bicyclic) bond motifs is 1. The average Bonchev–Trinajstić information content (AvgIpc) is 2.70. The third-order valence-corrected chi connectivity index (χ3v) is 4.81. The molecular weight excluding hydrogens is 348 g/mol. The molecule has 0 spiro atoms. The van der Waals surface area contributed by atoms with Gasteiger partial charge in [0, 0.05) is 10.5 Å². The fourth-order valence-electron chi connectivity index (χ4n) is 2.55. The van der Waals surface area contributed by atoms with Crippen LogP contribution in [0.15, 0.2) is 77.7 Å². The predicted octanol–water partition coefficient (Wildman–Crippen LogP) is 4.39. The second kappa shape index (κ2) is 8.54. The van der Waals surface area contributed by atoms with Gasteiger partial charge in [0.25, 0.3) is 0 Å². The Balaban J connectivity index is 1.65. The summed E-state index contributed by atoms with van der Waals surface area (Å²) in [6, 6.07) is 22.9. The second-order valence-corrected chi connectivity index (χ2v) is 6.65. The third kappa shape index (κ3) is 4.43. The molecule has 0 aliphatic heterocycles. The molecule has 0 radical (unpaired) electrons. The van der Waals surface area contributed by atoms with E-state index in [2.05, 4.69) is 0 Å². The fourth-order valence-corrected chi connectivity index (χ4v) is 3.28. The molecule has 0 aliphatic carbocycles. The summed E-state index contributed by atoms with van der Waals surface area (Å²) < 4.78 is 10.1. The highest BCUT2D eigenvalue weighted by Gasteiger charge is 2.25. The van der Waals surface area contributed by atoms with Gasteiger partial charge in [-0.2, -0.15) is 0 Å². The van der Waals surface area contributed by atoms with E-state index in [0.29, 0.717) is 5.56 Å². The summed E-state index contributed by atoms with van der Waals surface area (Å²) in [6.45, 7) is 0. The molecule has 5 heteroatoms. The van der Waals surface area contributed by atoms with Crippen molar-refractivity contribution in [2.75, 3.05) is 12.9 Å². The van der Waals surface area contributed by atoms with Crippen molar-refractivity contribution in [2.24, 2.45) is 0 Å². The van der Waals surface area contributed by atoms with Crippen LogP contribution in [0.5, 0.6) is 0 Å². The normalized spacial score (nSPS) is 11.7. The Kier molecular flexibility index (Phi) is 5.92. The lowest BCUT2D eigenvalue weighted by molar-refractivity contribution is -0.165. The summed E-state index contributed by atoms with van der Waals surface area (Å²) in [5, 5.41) is 2.26. The minimum Gasteiger partial charge on any atom is -0.466 e. The van der Waals surface area contributed by atoms with Crippen LogP contribution in [-0.2, 0) is 19.1 Å². The Labute approximate surface area is 156 Å². The zero-order valence-electron chi connectivity index (χ0n) is 14.3. The van der Waals surface area contributed by atoms with Crippen LogP contribution in [0.3, 0.4) is 0 Å². The number of esters is 2. The van der Waals surface area contributed by atoms with Crippen molar-refractivity contribution in [1.82, 2.24) is 0 Å². The number of hydrogen-bond donors (Lipinski definition) is 0. The molecule has 0 heterocycles. The zero-order valence-corrected chi connectivity index (χ0v) is 15.1. The molecule has 132 valence electrons. The highest BCUT2D eigenvalue weighted by atomic mass is 32.2.